The number of fused-ring (bicyclic) bond motifs is 1. The molecule has 4 aromatic rings. The first-order chi connectivity index (χ1) is 17.8. The summed E-state index contributed by atoms with van der Waals surface area (Å²) in [4.78, 5) is 30.3. The van der Waals surface area contributed by atoms with Gasteiger partial charge in [-0.25, -0.2) is 4.79 Å². The van der Waals surface area contributed by atoms with Crippen molar-refractivity contribution >= 4 is 33.2 Å². The van der Waals surface area contributed by atoms with Gasteiger partial charge in [0.25, 0.3) is 5.56 Å². The molecule has 2 atom stereocenters. The molecule has 0 spiro atoms. The van der Waals surface area contributed by atoms with Gasteiger partial charge >= 0.3 is 5.69 Å². The molecule has 0 amide bonds. The molecular formula is C27H29ClN4O4S. The molecule has 3 heterocycles. The van der Waals surface area contributed by atoms with E-state index in [2.05, 4.69) is 10.3 Å². The summed E-state index contributed by atoms with van der Waals surface area (Å²) in [6, 6.07) is 9.43. The first-order valence-electron chi connectivity index (χ1n) is 12.3. The Bertz CT molecular complexity index is 1560. The number of halogens is 1. The largest absolute Gasteiger partial charge is 0.489 e. The van der Waals surface area contributed by atoms with Crippen LogP contribution in [0.1, 0.15) is 29.7 Å². The highest BCUT2D eigenvalue weighted by molar-refractivity contribution is 7.19. The van der Waals surface area contributed by atoms with Crippen molar-refractivity contribution < 1.29 is 9.84 Å². The van der Waals surface area contributed by atoms with Gasteiger partial charge in [-0.15, -0.1) is 11.3 Å². The number of pyridine rings is 1. The molecule has 1 aliphatic rings. The number of hydrogen-bond acceptors (Lipinski definition) is 7. The molecule has 0 aliphatic heterocycles. The Morgan fingerprint density at radius 2 is 2.05 bits per heavy atom. The van der Waals surface area contributed by atoms with Crippen molar-refractivity contribution in [3.8, 4) is 16.9 Å². The van der Waals surface area contributed by atoms with E-state index >= 15 is 0 Å². The summed E-state index contributed by atoms with van der Waals surface area (Å²) < 4.78 is 10.1. The number of hydrogen-bond donors (Lipinski definition) is 2. The summed E-state index contributed by atoms with van der Waals surface area (Å²) in [5.74, 6) is 0.799. The van der Waals surface area contributed by atoms with Crippen molar-refractivity contribution in [1.29, 1.82) is 0 Å². The molecule has 0 radical (unpaired) electrons. The van der Waals surface area contributed by atoms with Crippen LogP contribution in [0.15, 0.2) is 52.3 Å². The molecule has 1 aliphatic carbocycles. The second kappa shape index (κ2) is 10.8. The highest BCUT2D eigenvalue weighted by Crippen LogP contribution is 2.42. The van der Waals surface area contributed by atoms with Gasteiger partial charge in [0.15, 0.2) is 0 Å². The second-order valence-electron chi connectivity index (χ2n) is 9.45. The van der Waals surface area contributed by atoms with E-state index in [1.165, 1.54) is 32.7 Å². The van der Waals surface area contributed by atoms with E-state index in [1.54, 1.807) is 13.2 Å². The van der Waals surface area contributed by atoms with Crippen LogP contribution < -0.4 is 21.3 Å². The Morgan fingerprint density at radius 3 is 2.86 bits per heavy atom. The highest BCUT2D eigenvalue weighted by atomic mass is 35.5. The van der Waals surface area contributed by atoms with Crippen molar-refractivity contribution in [3.05, 3.63) is 79.0 Å². The molecule has 0 unspecified atom stereocenters. The van der Waals surface area contributed by atoms with Crippen LogP contribution in [0.2, 0.25) is 5.02 Å². The Hall–Kier alpha value is -2.98. The van der Waals surface area contributed by atoms with Crippen LogP contribution in [0, 0.1) is 6.92 Å². The minimum absolute atomic E-state index is 0.0622. The summed E-state index contributed by atoms with van der Waals surface area (Å²) >= 11 is 8.01. The number of rotatable bonds is 8. The first-order valence-corrected chi connectivity index (χ1v) is 13.5. The van der Waals surface area contributed by atoms with Crippen molar-refractivity contribution in [2.24, 2.45) is 7.05 Å². The zero-order chi connectivity index (χ0) is 26.1. The van der Waals surface area contributed by atoms with E-state index in [9.17, 15) is 9.59 Å². The minimum Gasteiger partial charge on any atom is -0.489 e. The van der Waals surface area contributed by atoms with Crippen molar-refractivity contribution in [2.45, 2.75) is 44.9 Å². The normalized spacial score (nSPS) is 17.5. The van der Waals surface area contributed by atoms with Gasteiger partial charge in [-0.3, -0.25) is 14.3 Å². The van der Waals surface area contributed by atoms with Crippen molar-refractivity contribution in [2.75, 3.05) is 13.2 Å². The van der Waals surface area contributed by atoms with Gasteiger partial charge in [-0.1, -0.05) is 11.6 Å². The molecule has 3 aromatic heterocycles. The van der Waals surface area contributed by atoms with Crippen molar-refractivity contribution in [3.63, 3.8) is 0 Å². The number of aliphatic hydroxyl groups excluding tert-OH is 1. The Morgan fingerprint density at radius 1 is 1.22 bits per heavy atom. The van der Waals surface area contributed by atoms with Crippen LogP contribution >= 0.6 is 22.9 Å². The lowest BCUT2D eigenvalue weighted by Crippen LogP contribution is -2.37. The van der Waals surface area contributed by atoms with E-state index < -0.39 is 0 Å². The van der Waals surface area contributed by atoms with Crippen LogP contribution in [0.3, 0.4) is 0 Å². The third-order valence-electron chi connectivity index (χ3n) is 6.76. The summed E-state index contributed by atoms with van der Waals surface area (Å²) in [6.07, 6.45) is 6.10. The average Bonchev–Trinajstić information content (AvgIpc) is 3.50. The number of nitrogens with one attached hydrogen (secondary N) is 1. The van der Waals surface area contributed by atoms with Gasteiger partial charge in [-0.2, -0.15) is 0 Å². The summed E-state index contributed by atoms with van der Waals surface area (Å²) in [5, 5.41) is 13.1. The predicted octanol–water partition coefficient (Wildman–Crippen LogP) is 3.72. The highest BCUT2D eigenvalue weighted by Gasteiger charge is 2.27. The summed E-state index contributed by atoms with van der Waals surface area (Å²) in [6.45, 7) is 2.88. The van der Waals surface area contributed by atoms with Crippen LogP contribution in [0.25, 0.3) is 21.3 Å². The summed E-state index contributed by atoms with van der Waals surface area (Å²) in [7, 11) is 1.63. The van der Waals surface area contributed by atoms with Crippen LogP contribution in [0.5, 0.6) is 5.75 Å². The van der Waals surface area contributed by atoms with E-state index in [0.29, 0.717) is 17.6 Å². The quantitative estimate of drug-likeness (QED) is 0.353. The molecule has 0 bridgehead atoms. The Kier molecular flexibility index (Phi) is 7.48. The van der Waals surface area contributed by atoms with Gasteiger partial charge < -0.3 is 19.7 Å². The molecule has 37 heavy (non-hydrogen) atoms. The number of benzene rings is 1. The molecule has 8 nitrogen and oxygen atoms in total. The van der Waals surface area contributed by atoms with Gasteiger partial charge in [0.2, 0.25) is 0 Å². The number of aromatic nitrogens is 3. The Balaban J connectivity index is 1.51. The maximum atomic E-state index is 12.5. The van der Waals surface area contributed by atoms with Crippen molar-refractivity contribution in [1.82, 2.24) is 19.4 Å². The Labute approximate surface area is 223 Å². The molecule has 1 fully saturated rings. The number of aliphatic hydroxyl groups is 1. The van der Waals surface area contributed by atoms with E-state index in [0.717, 1.165) is 56.8 Å². The topological polar surface area (TPSA) is 98.4 Å². The third kappa shape index (κ3) is 5.36. The zero-order valence-electron chi connectivity index (χ0n) is 20.7. The van der Waals surface area contributed by atoms with E-state index in [4.69, 9.17) is 21.4 Å². The van der Waals surface area contributed by atoms with Crippen LogP contribution in [-0.4, -0.2) is 44.5 Å². The minimum atomic E-state index is -0.359. The molecule has 10 heteroatoms. The third-order valence-corrected chi connectivity index (χ3v) is 8.12. The molecule has 1 saturated carbocycles. The SMILES string of the molecule is Cc1cc(Cl)cc(-c2ccnc3cc(Cn4c(=O)ccn(C)c4=O)sc23)c1O[C@@H]1CC[C@@H](NCCO)C1. The maximum Gasteiger partial charge on any atom is 0.331 e. The maximum absolute atomic E-state index is 12.5. The molecular weight excluding hydrogens is 512 g/mol. The number of nitrogens with zero attached hydrogens (tertiary/aromatic N) is 3. The smallest absolute Gasteiger partial charge is 0.331 e. The first kappa shape index (κ1) is 25.7. The van der Waals surface area contributed by atoms with Gasteiger partial charge in [0.1, 0.15) is 11.9 Å². The standard InChI is InChI=1S/C27H29ClN4O4S/c1-16-11-17(28)12-22(25(16)36-19-4-3-18(13-19)29-8-10-33)21-5-7-30-23-14-20(37-26(21)23)15-32-24(34)6-9-31(2)27(32)35/h5-7,9,11-12,14,18-19,29,33H,3-4,8,10,13,15H2,1-2H3/t18-,19-/m1/s1. The van der Waals surface area contributed by atoms with Gasteiger partial charge in [0.05, 0.1) is 23.4 Å². The fraction of sp³-hybridized carbons (Fsp3) is 0.370. The number of aryl methyl sites for hydroxylation is 2. The molecule has 1 aromatic carbocycles. The van der Waals surface area contributed by atoms with Crippen LogP contribution in [0.4, 0.5) is 0 Å². The zero-order valence-corrected chi connectivity index (χ0v) is 22.3. The molecule has 5 rings (SSSR count). The fourth-order valence-electron chi connectivity index (χ4n) is 4.95. The van der Waals surface area contributed by atoms with Crippen LogP contribution in [-0.2, 0) is 13.6 Å². The molecule has 0 saturated heterocycles. The summed E-state index contributed by atoms with van der Waals surface area (Å²) in [5.41, 5.74) is 2.89. The fourth-order valence-corrected chi connectivity index (χ4v) is 6.35. The van der Waals surface area contributed by atoms with Gasteiger partial charge in [0, 0.05) is 59.1 Å². The lowest BCUT2D eigenvalue weighted by Gasteiger charge is -2.20. The second-order valence-corrected chi connectivity index (χ2v) is 11.0. The molecule has 194 valence electrons. The molecule has 2 N–H and O–H groups in total. The average molecular weight is 541 g/mol. The van der Waals surface area contributed by atoms with E-state index in [-0.39, 0.29) is 30.5 Å². The number of thiophene rings is 1. The monoisotopic (exact) mass is 540 g/mol. The van der Waals surface area contributed by atoms with Gasteiger partial charge in [-0.05, 0) is 56.0 Å². The lowest BCUT2D eigenvalue weighted by molar-refractivity contribution is 0.204. The number of ether oxygens (including phenoxy) is 1. The van der Waals surface area contributed by atoms with E-state index in [1.807, 2.05) is 31.2 Å². The predicted molar refractivity (Wildman–Crippen MR) is 147 cm³/mol. The lowest BCUT2D eigenvalue weighted by atomic mass is 10.0.